The van der Waals surface area contributed by atoms with Crippen LogP contribution in [-0.2, 0) is 22.4 Å². The molecule has 0 aromatic rings. The van der Waals surface area contributed by atoms with E-state index in [1.807, 2.05) is 0 Å². The summed E-state index contributed by atoms with van der Waals surface area (Å²) in [5.74, 6) is 0.792. The van der Waals surface area contributed by atoms with Crippen molar-refractivity contribution in [2.45, 2.75) is 0 Å². The maximum atomic E-state index is 8.22. The molecule has 39 valence electrons. The van der Waals surface area contributed by atoms with Crippen molar-refractivity contribution in [1.29, 1.82) is 0 Å². The molecule has 6 heavy (non-hydrogen) atoms. The first kappa shape index (κ1) is 9.90. The molecule has 4 heteroatoms. The summed E-state index contributed by atoms with van der Waals surface area (Å²) >= 11 is 4.70. The molecule has 0 saturated carbocycles. The molecule has 0 bridgehead atoms. The van der Waals surface area contributed by atoms with Crippen molar-refractivity contribution in [2.24, 2.45) is 5.73 Å². The predicted molar refractivity (Wildman–Crippen MR) is 23.6 cm³/mol. The molecule has 2 nitrogen and oxygen atoms in total. The van der Waals surface area contributed by atoms with Gasteiger partial charge in [0.2, 0.25) is 0 Å². The predicted octanol–water partition coefficient (Wildman–Crippen LogP) is -0.246. The van der Waals surface area contributed by atoms with Crippen LogP contribution in [0.25, 0.3) is 0 Å². The van der Waals surface area contributed by atoms with E-state index in [9.17, 15) is 0 Å². The van der Waals surface area contributed by atoms with Crippen LogP contribution in [0, 0.1) is 0 Å². The Morgan fingerprint density at radius 3 is 1.83 bits per heavy atom. The molecule has 0 aromatic heterocycles. The van der Waals surface area contributed by atoms with Crippen LogP contribution in [0.2, 0.25) is 0 Å². The molecule has 0 fully saturated rings. The van der Waals surface area contributed by atoms with Gasteiger partial charge in [0.25, 0.3) is 0 Å². The van der Waals surface area contributed by atoms with E-state index in [2.05, 4.69) is 12.6 Å². The average Bonchev–Trinajstić information content (AvgIpc) is 1.72. The quantitative estimate of drug-likeness (QED) is 0.563. The SMILES string of the molecule is NCCS.[O]=[99Tc]. The second-order valence-corrected chi connectivity index (χ2v) is 0.959. The van der Waals surface area contributed by atoms with Gasteiger partial charge in [-0.05, 0) is 0 Å². The van der Waals surface area contributed by atoms with Gasteiger partial charge in [0, 0.05) is 12.3 Å². The van der Waals surface area contributed by atoms with E-state index in [-0.39, 0.29) is 0 Å². The van der Waals surface area contributed by atoms with Gasteiger partial charge in [-0.25, -0.2) is 0 Å². The Morgan fingerprint density at radius 2 is 1.83 bits per heavy atom. The molecule has 0 spiro atoms. The Balaban J connectivity index is 0. The summed E-state index contributed by atoms with van der Waals surface area (Å²) in [4.78, 5) is 0. The van der Waals surface area contributed by atoms with Crippen molar-refractivity contribution >= 4 is 12.6 Å². The first-order valence-corrected chi connectivity index (χ1v) is 2.77. The Hall–Kier alpha value is 0.759. The van der Waals surface area contributed by atoms with E-state index in [1.54, 1.807) is 0 Å². The van der Waals surface area contributed by atoms with Gasteiger partial charge in [0.05, 0.1) is 0 Å². The molecule has 0 amide bonds. The summed E-state index contributed by atoms with van der Waals surface area (Å²) in [5.41, 5.74) is 4.95. The number of hydrogen-bond acceptors (Lipinski definition) is 3. The van der Waals surface area contributed by atoms with Crippen molar-refractivity contribution in [3.05, 3.63) is 0 Å². The molecule has 0 atom stereocenters. The molecule has 0 aliphatic rings. The van der Waals surface area contributed by atoms with Crippen LogP contribution < -0.4 is 5.73 Å². The van der Waals surface area contributed by atoms with E-state index in [0.29, 0.717) is 6.54 Å². The van der Waals surface area contributed by atoms with Gasteiger partial charge in [-0.1, -0.05) is 0 Å². The van der Waals surface area contributed by atoms with Crippen LogP contribution in [0.1, 0.15) is 0 Å². The molecule has 0 aliphatic heterocycles. The van der Waals surface area contributed by atoms with Crippen LogP contribution in [0.15, 0.2) is 0 Å². The Morgan fingerprint density at radius 1 is 1.67 bits per heavy atom. The normalized spacial score (nSPS) is 5.67. The monoisotopic (exact) mass is 192 g/mol. The van der Waals surface area contributed by atoms with Crippen molar-refractivity contribution in [2.75, 3.05) is 12.3 Å². The first-order chi connectivity index (χ1) is 2.91. The van der Waals surface area contributed by atoms with Crippen LogP contribution in [0.5, 0.6) is 0 Å². The fraction of sp³-hybridized carbons (Fsp3) is 1.00. The summed E-state index contributed by atoms with van der Waals surface area (Å²) in [6.07, 6.45) is 0. The van der Waals surface area contributed by atoms with Crippen LogP contribution in [0.3, 0.4) is 0 Å². The van der Waals surface area contributed by atoms with Gasteiger partial charge in [0.15, 0.2) is 0 Å². The van der Waals surface area contributed by atoms with E-state index in [4.69, 9.17) is 9.24 Å². The summed E-state index contributed by atoms with van der Waals surface area (Å²) in [6.45, 7) is 0.684. The van der Waals surface area contributed by atoms with Gasteiger partial charge >= 0.3 is 22.4 Å². The molecule has 0 saturated heterocycles. The second kappa shape index (κ2) is 17.1. The van der Waals surface area contributed by atoms with Crippen LogP contribution in [0.4, 0.5) is 0 Å². The third-order valence-electron chi connectivity index (χ3n) is 0.129. The second-order valence-electron chi connectivity index (χ2n) is 0.512. The van der Waals surface area contributed by atoms with Crippen molar-refractivity contribution in [1.82, 2.24) is 0 Å². The molecule has 0 aliphatic carbocycles. The Labute approximate surface area is 53.3 Å². The number of nitrogens with two attached hydrogens (primary N) is 1. The van der Waals surface area contributed by atoms with E-state index in [0.717, 1.165) is 24.6 Å². The summed E-state index contributed by atoms with van der Waals surface area (Å²) < 4.78 is 8.22. The minimum atomic E-state index is 0.684. The van der Waals surface area contributed by atoms with E-state index in [1.165, 1.54) is 0 Å². The van der Waals surface area contributed by atoms with Gasteiger partial charge in [-0.15, -0.1) is 0 Å². The fourth-order valence-electron chi connectivity index (χ4n) is 0. The van der Waals surface area contributed by atoms with Gasteiger partial charge in [0.1, 0.15) is 0 Å². The standard InChI is InChI=1S/C2H7NS.O.Tc/c3-1-2-4;;/h4H,1-3H2;;/i;;1+1. The molecule has 0 radical (unpaired) electrons. The first-order valence-electron chi connectivity index (χ1n) is 1.38. The molecular formula is C2H7NOSTc. The molecule has 0 aromatic carbocycles. The summed E-state index contributed by atoms with van der Waals surface area (Å²) in [7, 11) is 0. The maximum absolute atomic E-state index is 8.22. The topological polar surface area (TPSA) is 43.1 Å². The van der Waals surface area contributed by atoms with Gasteiger partial charge in [-0.2, -0.15) is 12.6 Å². The molecule has 0 rings (SSSR count). The number of thiol groups is 1. The molecule has 2 N–H and O–H groups in total. The summed E-state index contributed by atoms with van der Waals surface area (Å²) in [5, 5.41) is 0. The molecular weight excluding hydrogens is 185 g/mol. The fourth-order valence-corrected chi connectivity index (χ4v) is 0. The van der Waals surface area contributed by atoms with Gasteiger partial charge in [-0.3, -0.25) is 0 Å². The Bertz CT molecular complexity index is 21.0. The van der Waals surface area contributed by atoms with Crippen molar-refractivity contribution in [3.8, 4) is 0 Å². The zero-order chi connectivity index (χ0) is 5.41. The van der Waals surface area contributed by atoms with Crippen molar-refractivity contribution in [3.63, 3.8) is 0 Å². The molecule has 0 unspecified atom stereocenters. The third kappa shape index (κ3) is 21.7. The van der Waals surface area contributed by atoms with Crippen LogP contribution in [-0.4, -0.2) is 12.3 Å². The van der Waals surface area contributed by atoms with E-state index < -0.39 is 0 Å². The minimum absolute atomic E-state index is 0.684. The van der Waals surface area contributed by atoms with E-state index >= 15 is 0 Å². The van der Waals surface area contributed by atoms with Crippen LogP contribution >= 0.6 is 12.6 Å². The summed E-state index contributed by atoms with van der Waals surface area (Å²) in [6, 6.07) is 0. The zero-order valence-corrected chi connectivity index (χ0v) is 5.98. The molecule has 0 heterocycles. The number of hydrogen-bond donors (Lipinski definition) is 2. The van der Waals surface area contributed by atoms with Gasteiger partial charge < -0.3 is 5.73 Å². The zero-order valence-electron chi connectivity index (χ0n) is 3.22. The average molecular weight is 192 g/mol. The van der Waals surface area contributed by atoms with Crippen molar-refractivity contribution < 1.29 is 22.4 Å². The third-order valence-corrected chi connectivity index (χ3v) is 0.387. The number of rotatable bonds is 1. The Kier molecular flexibility index (Phi) is 28.3.